The van der Waals surface area contributed by atoms with Crippen molar-refractivity contribution in [3.8, 4) is 0 Å². The van der Waals surface area contributed by atoms with E-state index in [0.29, 0.717) is 0 Å². The van der Waals surface area contributed by atoms with Crippen LogP contribution < -0.4 is 0 Å². The highest BCUT2D eigenvalue weighted by atomic mass is 32.2. The molecule has 1 saturated heterocycles. The molecule has 1 aliphatic rings. The van der Waals surface area contributed by atoms with E-state index in [2.05, 4.69) is 0 Å². The standard InChI is InChI=1S/C5H10O2S/c1-4(2)5(3,6)8(4)7/h6H,1-3H3. The van der Waals surface area contributed by atoms with Gasteiger partial charge in [0.1, 0.15) is 0 Å². The monoisotopic (exact) mass is 134 g/mol. The molecule has 0 aromatic rings. The highest BCUT2D eigenvalue weighted by molar-refractivity contribution is 7.95. The average molecular weight is 134 g/mol. The fraction of sp³-hybridized carbons (Fsp3) is 1.00. The molecular weight excluding hydrogens is 124 g/mol. The molecule has 1 heterocycles. The molecule has 0 aliphatic carbocycles. The van der Waals surface area contributed by atoms with Gasteiger partial charge >= 0.3 is 0 Å². The molecule has 8 heavy (non-hydrogen) atoms. The van der Waals surface area contributed by atoms with Crippen molar-refractivity contribution in [1.82, 2.24) is 0 Å². The van der Waals surface area contributed by atoms with Crippen molar-refractivity contribution in [3.63, 3.8) is 0 Å². The second kappa shape index (κ2) is 1.16. The fourth-order valence-corrected chi connectivity index (χ4v) is 2.00. The normalized spacial score (nSPS) is 51.2. The minimum Gasteiger partial charge on any atom is -0.376 e. The van der Waals surface area contributed by atoms with Crippen molar-refractivity contribution in [3.05, 3.63) is 0 Å². The molecule has 1 aliphatic heterocycles. The highest BCUT2D eigenvalue weighted by Crippen LogP contribution is 2.49. The van der Waals surface area contributed by atoms with E-state index < -0.39 is 15.7 Å². The van der Waals surface area contributed by atoms with Crippen LogP contribution in [0.15, 0.2) is 0 Å². The summed E-state index contributed by atoms with van der Waals surface area (Å²) in [5, 5.41) is 9.13. The van der Waals surface area contributed by atoms with Gasteiger partial charge in [-0.2, -0.15) is 0 Å². The van der Waals surface area contributed by atoms with E-state index in [-0.39, 0.29) is 4.75 Å². The summed E-state index contributed by atoms with van der Waals surface area (Å²) >= 11 is 0. The third-order valence-electron chi connectivity index (χ3n) is 1.90. The van der Waals surface area contributed by atoms with Crippen LogP contribution in [-0.4, -0.2) is 19.0 Å². The van der Waals surface area contributed by atoms with Crippen LogP contribution >= 0.6 is 0 Å². The molecule has 0 spiro atoms. The van der Waals surface area contributed by atoms with E-state index >= 15 is 0 Å². The Balaban J connectivity index is 2.88. The van der Waals surface area contributed by atoms with Gasteiger partial charge in [-0.1, -0.05) is 0 Å². The van der Waals surface area contributed by atoms with Crippen molar-refractivity contribution in [2.24, 2.45) is 0 Å². The van der Waals surface area contributed by atoms with Crippen LogP contribution in [0.5, 0.6) is 0 Å². The Morgan fingerprint density at radius 3 is 1.50 bits per heavy atom. The zero-order valence-corrected chi connectivity index (χ0v) is 6.08. The first-order valence-electron chi connectivity index (χ1n) is 2.55. The Morgan fingerprint density at radius 2 is 1.50 bits per heavy atom. The largest absolute Gasteiger partial charge is 0.376 e. The predicted molar refractivity (Wildman–Crippen MR) is 32.8 cm³/mol. The summed E-state index contributed by atoms with van der Waals surface area (Å²) in [6, 6.07) is 0. The topological polar surface area (TPSA) is 37.3 Å². The van der Waals surface area contributed by atoms with E-state index in [1.165, 1.54) is 0 Å². The molecule has 0 aromatic heterocycles. The smallest absolute Gasteiger partial charge is 0.153 e. The molecule has 1 N–H and O–H groups in total. The van der Waals surface area contributed by atoms with Crippen molar-refractivity contribution in [2.45, 2.75) is 30.5 Å². The van der Waals surface area contributed by atoms with Gasteiger partial charge in [0.25, 0.3) is 0 Å². The third kappa shape index (κ3) is 0.437. The lowest BCUT2D eigenvalue weighted by molar-refractivity contribution is 0.167. The number of aliphatic hydroxyl groups is 1. The molecular formula is C5H10O2S. The van der Waals surface area contributed by atoms with Crippen LogP contribution in [0, 0.1) is 0 Å². The minimum absolute atomic E-state index is 0.368. The third-order valence-corrected chi connectivity index (χ3v) is 4.25. The van der Waals surface area contributed by atoms with E-state index in [0.717, 1.165) is 0 Å². The summed E-state index contributed by atoms with van der Waals surface area (Å²) < 4.78 is 10.4. The van der Waals surface area contributed by atoms with Crippen LogP contribution in [0.2, 0.25) is 0 Å². The first-order chi connectivity index (χ1) is 3.40. The van der Waals surface area contributed by atoms with Crippen LogP contribution in [0.3, 0.4) is 0 Å². The molecule has 0 bridgehead atoms. The van der Waals surface area contributed by atoms with Gasteiger partial charge in [0.2, 0.25) is 0 Å². The summed E-state index contributed by atoms with van der Waals surface area (Å²) in [4.78, 5) is -0.924. The Labute approximate surface area is 51.4 Å². The second-order valence-electron chi connectivity index (χ2n) is 2.76. The van der Waals surface area contributed by atoms with Gasteiger partial charge in [-0.15, -0.1) is 0 Å². The van der Waals surface area contributed by atoms with Gasteiger partial charge < -0.3 is 5.11 Å². The molecule has 1 fully saturated rings. The van der Waals surface area contributed by atoms with Gasteiger partial charge in [0, 0.05) is 0 Å². The molecule has 1 rings (SSSR count). The molecule has 2 atom stereocenters. The summed E-state index contributed by atoms with van der Waals surface area (Å²) in [5.74, 6) is 0. The number of hydrogen-bond acceptors (Lipinski definition) is 2. The predicted octanol–water partition coefficient (Wildman–Crippen LogP) is 0.236. The SMILES string of the molecule is CC1(C)S(=O)C1(C)O. The first-order valence-corrected chi connectivity index (χ1v) is 3.70. The van der Waals surface area contributed by atoms with E-state index in [4.69, 9.17) is 5.11 Å². The number of hydrogen-bond donors (Lipinski definition) is 1. The first kappa shape index (κ1) is 6.23. The molecule has 0 aromatic carbocycles. The van der Waals surface area contributed by atoms with Gasteiger partial charge in [0.15, 0.2) is 4.93 Å². The van der Waals surface area contributed by atoms with Gasteiger partial charge in [0.05, 0.1) is 15.5 Å². The van der Waals surface area contributed by atoms with Crippen LogP contribution in [0.25, 0.3) is 0 Å². The van der Waals surface area contributed by atoms with Crippen molar-refractivity contribution in [2.75, 3.05) is 0 Å². The lowest BCUT2D eigenvalue weighted by Crippen LogP contribution is -2.14. The maximum atomic E-state index is 10.7. The van der Waals surface area contributed by atoms with E-state index in [9.17, 15) is 4.21 Å². The van der Waals surface area contributed by atoms with Crippen molar-refractivity contribution in [1.29, 1.82) is 0 Å². The summed E-state index contributed by atoms with van der Waals surface area (Å²) in [6.45, 7) is 5.19. The fourth-order valence-electron chi connectivity index (χ4n) is 0.632. The molecule has 2 unspecified atom stereocenters. The van der Waals surface area contributed by atoms with Crippen LogP contribution in [0.1, 0.15) is 20.8 Å². The zero-order chi connectivity index (χ0) is 6.58. The quantitative estimate of drug-likeness (QED) is 0.482. The molecule has 2 nitrogen and oxygen atoms in total. The van der Waals surface area contributed by atoms with Crippen LogP contribution in [-0.2, 0) is 10.8 Å². The maximum Gasteiger partial charge on any atom is 0.153 e. The van der Waals surface area contributed by atoms with Gasteiger partial charge in [-0.25, -0.2) is 0 Å². The summed E-state index contributed by atoms with van der Waals surface area (Å²) in [5.41, 5.74) is 0. The average Bonchev–Trinajstić information content (AvgIpc) is 1.88. The molecule has 0 radical (unpaired) electrons. The van der Waals surface area contributed by atoms with Gasteiger partial charge in [-0.05, 0) is 20.8 Å². The molecule has 3 heteroatoms. The van der Waals surface area contributed by atoms with Crippen LogP contribution in [0.4, 0.5) is 0 Å². The maximum absolute atomic E-state index is 10.7. The summed E-state index contributed by atoms with van der Waals surface area (Å²) in [6.07, 6.45) is 0. The Kier molecular flexibility index (Phi) is 0.906. The Bertz CT molecular complexity index is 133. The minimum atomic E-state index is -1.03. The van der Waals surface area contributed by atoms with Crippen molar-refractivity contribution < 1.29 is 9.32 Å². The summed E-state index contributed by atoms with van der Waals surface area (Å²) in [7, 11) is -1.03. The number of rotatable bonds is 0. The van der Waals surface area contributed by atoms with Crippen molar-refractivity contribution >= 4 is 10.8 Å². The Morgan fingerprint density at radius 1 is 1.38 bits per heavy atom. The van der Waals surface area contributed by atoms with E-state index in [1.54, 1.807) is 20.8 Å². The lowest BCUT2D eigenvalue weighted by atomic mass is 10.1. The zero-order valence-electron chi connectivity index (χ0n) is 5.26. The molecule has 48 valence electrons. The molecule has 0 saturated carbocycles. The molecule has 0 amide bonds. The Hall–Kier alpha value is 0.110. The second-order valence-corrected chi connectivity index (χ2v) is 5.11. The lowest BCUT2D eigenvalue weighted by Gasteiger charge is -1.97. The van der Waals surface area contributed by atoms with E-state index in [1.807, 2.05) is 0 Å². The highest BCUT2D eigenvalue weighted by Gasteiger charge is 2.67. The van der Waals surface area contributed by atoms with Gasteiger partial charge in [-0.3, -0.25) is 4.21 Å².